The van der Waals surface area contributed by atoms with Crippen LogP contribution in [0.5, 0.6) is 5.75 Å². The fraction of sp³-hybridized carbons (Fsp3) is 0.600. The highest BCUT2D eigenvalue weighted by Gasteiger charge is 2.18. The first-order chi connectivity index (χ1) is 8.63. The van der Waals surface area contributed by atoms with Gasteiger partial charge >= 0.3 is 0 Å². The summed E-state index contributed by atoms with van der Waals surface area (Å²) in [4.78, 5) is 0. The van der Waals surface area contributed by atoms with E-state index in [2.05, 4.69) is 26.1 Å². The van der Waals surface area contributed by atoms with E-state index in [1.165, 1.54) is 13.2 Å². The first kappa shape index (κ1) is 15.0. The molecule has 1 rings (SSSR count). The van der Waals surface area contributed by atoms with Gasteiger partial charge < -0.3 is 10.1 Å². The van der Waals surface area contributed by atoms with Gasteiger partial charge in [-0.25, -0.2) is 4.39 Å². The normalized spacial score (nSPS) is 14.3. The largest absolute Gasteiger partial charge is 0.494 e. The first-order valence-electron chi connectivity index (χ1n) is 6.70. The molecule has 2 nitrogen and oxygen atoms in total. The number of halogens is 1. The number of benzene rings is 1. The van der Waals surface area contributed by atoms with Crippen LogP contribution in [0.4, 0.5) is 4.39 Å². The number of hydrogen-bond donors (Lipinski definition) is 1. The van der Waals surface area contributed by atoms with Gasteiger partial charge in [0.1, 0.15) is 0 Å². The van der Waals surface area contributed by atoms with Crippen LogP contribution in [0.25, 0.3) is 0 Å². The second-order valence-electron chi connectivity index (χ2n) is 4.71. The molecule has 1 aromatic rings. The van der Waals surface area contributed by atoms with Crippen LogP contribution < -0.4 is 10.1 Å². The molecular weight excluding hydrogens is 229 g/mol. The van der Waals surface area contributed by atoms with Gasteiger partial charge in [-0.2, -0.15) is 0 Å². The molecule has 1 N–H and O–H groups in total. The molecule has 1 aromatic carbocycles. The Bertz CT molecular complexity index is 368. The van der Waals surface area contributed by atoms with Crippen molar-refractivity contribution in [2.45, 2.75) is 39.7 Å². The molecule has 0 aliphatic heterocycles. The van der Waals surface area contributed by atoms with Crippen molar-refractivity contribution in [2.75, 3.05) is 13.7 Å². The van der Waals surface area contributed by atoms with Crippen molar-refractivity contribution < 1.29 is 9.13 Å². The van der Waals surface area contributed by atoms with Gasteiger partial charge in [-0.3, -0.25) is 0 Å². The molecule has 0 aliphatic rings. The molecule has 0 radical (unpaired) electrons. The molecule has 18 heavy (non-hydrogen) atoms. The molecule has 0 aromatic heterocycles. The Morgan fingerprint density at radius 3 is 2.61 bits per heavy atom. The van der Waals surface area contributed by atoms with Crippen molar-refractivity contribution >= 4 is 0 Å². The molecule has 3 heteroatoms. The monoisotopic (exact) mass is 253 g/mol. The summed E-state index contributed by atoms with van der Waals surface area (Å²) in [6, 6.07) is 5.38. The van der Waals surface area contributed by atoms with Gasteiger partial charge in [-0.05, 0) is 36.6 Å². The molecule has 0 bridgehead atoms. The molecular formula is C15H24FNO. The van der Waals surface area contributed by atoms with E-state index in [-0.39, 0.29) is 11.9 Å². The molecule has 102 valence electrons. The third-order valence-corrected chi connectivity index (χ3v) is 3.36. The van der Waals surface area contributed by atoms with E-state index in [0.717, 1.165) is 24.9 Å². The van der Waals surface area contributed by atoms with Crippen molar-refractivity contribution in [3.05, 3.63) is 29.6 Å². The Kier molecular flexibility index (Phi) is 6.13. The summed E-state index contributed by atoms with van der Waals surface area (Å²) < 4.78 is 18.5. The minimum Gasteiger partial charge on any atom is -0.494 e. The second kappa shape index (κ2) is 7.37. The highest BCUT2D eigenvalue weighted by molar-refractivity contribution is 5.32. The van der Waals surface area contributed by atoms with Crippen molar-refractivity contribution in [2.24, 2.45) is 5.92 Å². The second-order valence-corrected chi connectivity index (χ2v) is 4.71. The van der Waals surface area contributed by atoms with Crippen LogP contribution in [-0.4, -0.2) is 13.7 Å². The Morgan fingerprint density at radius 2 is 2.06 bits per heavy atom. The van der Waals surface area contributed by atoms with Crippen molar-refractivity contribution in [1.29, 1.82) is 0 Å². The zero-order valence-corrected chi connectivity index (χ0v) is 11.8. The summed E-state index contributed by atoms with van der Waals surface area (Å²) in [5, 5.41) is 3.53. The Morgan fingerprint density at radius 1 is 1.33 bits per heavy atom. The van der Waals surface area contributed by atoms with Crippen LogP contribution in [-0.2, 0) is 0 Å². The smallest absolute Gasteiger partial charge is 0.165 e. The number of ether oxygens (including phenoxy) is 1. The van der Waals surface area contributed by atoms with Crippen molar-refractivity contribution in [3.8, 4) is 5.75 Å². The number of nitrogens with one attached hydrogen (secondary N) is 1. The van der Waals surface area contributed by atoms with E-state index in [1.54, 1.807) is 6.07 Å². The summed E-state index contributed by atoms with van der Waals surface area (Å²) in [7, 11) is 1.50. The predicted molar refractivity (Wildman–Crippen MR) is 73.4 cm³/mol. The standard InChI is InChI=1S/C15H24FNO/c1-5-9-17-15(11(3)6-2)12-7-8-13(16)14(10-12)18-4/h7-8,10-11,15,17H,5-6,9H2,1-4H3. The minimum atomic E-state index is -0.306. The van der Waals surface area contributed by atoms with Gasteiger partial charge in [0.15, 0.2) is 11.6 Å². The molecule has 0 spiro atoms. The SMILES string of the molecule is CCCNC(c1ccc(F)c(OC)c1)C(C)CC. The topological polar surface area (TPSA) is 21.3 Å². The van der Waals surface area contributed by atoms with Gasteiger partial charge in [0, 0.05) is 6.04 Å². The maximum absolute atomic E-state index is 13.4. The molecule has 2 unspecified atom stereocenters. The number of methoxy groups -OCH3 is 1. The highest BCUT2D eigenvalue weighted by Crippen LogP contribution is 2.28. The van der Waals surface area contributed by atoms with E-state index in [9.17, 15) is 4.39 Å². The molecule has 0 fully saturated rings. The third-order valence-electron chi connectivity index (χ3n) is 3.36. The summed E-state index contributed by atoms with van der Waals surface area (Å²) in [6.45, 7) is 7.50. The number of rotatable bonds is 7. The van der Waals surface area contributed by atoms with Crippen LogP contribution in [0.15, 0.2) is 18.2 Å². The van der Waals surface area contributed by atoms with Gasteiger partial charge in [0.25, 0.3) is 0 Å². The van der Waals surface area contributed by atoms with Gasteiger partial charge in [0.05, 0.1) is 7.11 Å². The number of hydrogen-bond acceptors (Lipinski definition) is 2. The van der Waals surface area contributed by atoms with Gasteiger partial charge in [-0.15, -0.1) is 0 Å². The van der Waals surface area contributed by atoms with Crippen molar-refractivity contribution in [1.82, 2.24) is 5.32 Å². The van der Waals surface area contributed by atoms with Crippen molar-refractivity contribution in [3.63, 3.8) is 0 Å². The Hall–Kier alpha value is -1.09. The maximum atomic E-state index is 13.4. The molecule has 0 amide bonds. The van der Waals surface area contributed by atoms with Crippen LogP contribution in [0, 0.1) is 11.7 Å². The quantitative estimate of drug-likeness (QED) is 0.795. The zero-order valence-electron chi connectivity index (χ0n) is 11.8. The Balaban J connectivity index is 2.96. The van der Waals surface area contributed by atoms with E-state index < -0.39 is 0 Å². The lowest BCUT2D eigenvalue weighted by Gasteiger charge is -2.25. The lowest BCUT2D eigenvalue weighted by atomic mass is 9.92. The van der Waals surface area contributed by atoms with Crippen LogP contribution in [0.2, 0.25) is 0 Å². The fourth-order valence-corrected chi connectivity index (χ4v) is 2.05. The van der Waals surface area contributed by atoms with Crippen LogP contribution in [0.1, 0.15) is 45.2 Å². The van der Waals surface area contributed by atoms with E-state index in [0.29, 0.717) is 11.7 Å². The lowest BCUT2D eigenvalue weighted by Crippen LogP contribution is -2.27. The van der Waals surface area contributed by atoms with Crippen LogP contribution >= 0.6 is 0 Å². The first-order valence-corrected chi connectivity index (χ1v) is 6.70. The maximum Gasteiger partial charge on any atom is 0.165 e. The third kappa shape index (κ3) is 3.70. The molecule has 0 heterocycles. The van der Waals surface area contributed by atoms with E-state index in [4.69, 9.17) is 4.74 Å². The highest BCUT2D eigenvalue weighted by atomic mass is 19.1. The fourth-order valence-electron chi connectivity index (χ4n) is 2.05. The average Bonchev–Trinajstić information content (AvgIpc) is 2.40. The summed E-state index contributed by atoms with van der Waals surface area (Å²) in [5.74, 6) is 0.519. The Labute approximate surface area is 110 Å². The zero-order chi connectivity index (χ0) is 13.5. The summed E-state index contributed by atoms with van der Waals surface area (Å²) in [5.41, 5.74) is 1.09. The summed E-state index contributed by atoms with van der Waals surface area (Å²) >= 11 is 0. The predicted octanol–water partition coefficient (Wildman–Crippen LogP) is 3.92. The van der Waals surface area contributed by atoms with Gasteiger partial charge in [-0.1, -0.05) is 33.3 Å². The van der Waals surface area contributed by atoms with Gasteiger partial charge in [0.2, 0.25) is 0 Å². The molecule has 0 saturated carbocycles. The molecule has 0 aliphatic carbocycles. The minimum absolute atomic E-state index is 0.254. The lowest BCUT2D eigenvalue weighted by molar-refractivity contribution is 0.366. The van der Waals surface area contributed by atoms with E-state index in [1.807, 2.05) is 6.07 Å². The molecule has 2 atom stereocenters. The average molecular weight is 253 g/mol. The van der Waals surface area contributed by atoms with E-state index >= 15 is 0 Å². The molecule has 0 saturated heterocycles. The van der Waals surface area contributed by atoms with Crippen LogP contribution in [0.3, 0.4) is 0 Å². The summed E-state index contributed by atoms with van der Waals surface area (Å²) in [6.07, 6.45) is 2.17.